The molecule has 3 saturated heterocycles. The van der Waals surface area contributed by atoms with Gasteiger partial charge in [0, 0.05) is 57.9 Å². The zero-order valence-electron chi connectivity index (χ0n) is 15.5. The second-order valence-corrected chi connectivity index (χ2v) is 7.32. The molecule has 2 unspecified atom stereocenters. The first-order chi connectivity index (χ1) is 12.4. The van der Waals surface area contributed by atoms with Gasteiger partial charge < -0.3 is 15.0 Å². The zero-order chi connectivity index (χ0) is 18.6. The monoisotopic (exact) mass is 377 g/mol. The van der Waals surface area contributed by atoms with Gasteiger partial charge in [0.1, 0.15) is 0 Å². The van der Waals surface area contributed by atoms with Gasteiger partial charge in [-0.2, -0.15) is 13.2 Å². The molecule has 9 heteroatoms. The second kappa shape index (κ2) is 8.75. The number of ether oxygens (including phenoxy) is 1. The molecule has 0 spiro atoms. The standard InChI is InChI=1S/C17H30F3N5O/c1-2-21-16(22-14-3-5-23(11-14)13-17(18,19)20)25-6-4-15(12-25)24-7-9-26-10-8-24/h14-15H,2-13H2,1H3,(H,21,22). The van der Waals surface area contributed by atoms with Crippen molar-refractivity contribution in [2.24, 2.45) is 4.99 Å². The number of likely N-dealkylation sites (tertiary alicyclic amines) is 2. The number of alkyl halides is 3. The lowest BCUT2D eigenvalue weighted by molar-refractivity contribution is -0.143. The van der Waals surface area contributed by atoms with Crippen molar-refractivity contribution in [3.63, 3.8) is 0 Å². The minimum absolute atomic E-state index is 0.0325. The molecule has 0 aromatic carbocycles. The fraction of sp³-hybridized carbons (Fsp3) is 0.941. The predicted molar refractivity (Wildman–Crippen MR) is 94.4 cm³/mol. The summed E-state index contributed by atoms with van der Waals surface area (Å²) >= 11 is 0. The SMILES string of the molecule is CCN=C(NC1CCN(CC(F)(F)F)C1)N1CCC(N2CCOCC2)C1. The highest BCUT2D eigenvalue weighted by atomic mass is 19.4. The number of nitrogens with one attached hydrogen (secondary N) is 1. The maximum absolute atomic E-state index is 12.6. The largest absolute Gasteiger partial charge is 0.401 e. The van der Waals surface area contributed by atoms with Crippen LogP contribution in [0.5, 0.6) is 0 Å². The van der Waals surface area contributed by atoms with E-state index in [0.29, 0.717) is 25.7 Å². The Balaban J connectivity index is 1.51. The van der Waals surface area contributed by atoms with Gasteiger partial charge in [0.05, 0.1) is 19.8 Å². The molecule has 26 heavy (non-hydrogen) atoms. The van der Waals surface area contributed by atoms with Crippen molar-refractivity contribution in [3.05, 3.63) is 0 Å². The maximum atomic E-state index is 12.6. The molecule has 0 amide bonds. The highest BCUT2D eigenvalue weighted by molar-refractivity contribution is 5.80. The predicted octanol–water partition coefficient (Wildman–Crippen LogP) is 0.995. The van der Waals surface area contributed by atoms with Crippen molar-refractivity contribution in [1.82, 2.24) is 20.0 Å². The minimum Gasteiger partial charge on any atom is -0.379 e. The van der Waals surface area contributed by atoms with Crippen LogP contribution in [-0.4, -0.2) is 104 Å². The molecule has 3 aliphatic rings. The second-order valence-electron chi connectivity index (χ2n) is 7.32. The van der Waals surface area contributed by atoms with Gasteiger partial charge >= 0.3 is 6.18 Å². The van der Waals surface area contributed by atoms with E-state index in [1.54, 1.807) is 0 Å². The quantitative estimate of drug-likeness (QED) is 0.585. The maximum Gasteiger partial charge on any atom is 0.401 e. The third-order valence-electron chi connectivity index (χ3n) is 5.34. The van der Waals surface area contributed by atoms with Crippen LogP contribution in [0.15, 0.2) is 4.99 Å². The van der Waals surface area contributed by atoms with E-state index in [1.165, 1.54) is 4.90 Å². The summed E-state index contributed by atoms with van der Waals surface area (Å²) in [5.74, 6) is 0.849. The average molecular weight is 377 g/mol. The lowest BCUT2D eigenvalue weighted by atomic mass is 10.2. The lowest BCUT2D eigenvalue weighted by Crippen LogP contribution is -2.49. The van der Waals surface area contributed by atoms with Gasteiger partial charge in [0.25, 0.3) is 0 Å². The Hall–Kier alpha value is -1.06. The molecule has 3 aliphatic heterocycles. The molecule has 0 saturated carbocycles. The summed E-state index contributed by atoms with van der Waals surface area (Å²) in [6.45, 7) is 8.12. The first-order valence-corrected chi connectivity index (χ1v) is 9.61. The summed E-state index contributed by atoms with van der Waals surface area (Å²) in [5.41, 5.74) is 0. The van der Waals surface area contributed by atoms with E-state index in [2.05, 4.69) is 20.1 Å². The van der Waals surface area contributed by atoms with Crippen molar-refractivity contribution in [3.8, 4) is 0 Å². The number of guanidine groups is 1. The topological polar surface area (TPSA) is 43.3 Å². The molecule has 0 aromatic heterocycles. The highest BCUT2D eigenvalue weighted by Crippen LogP contribution is 2.21. The summed E-state index contributed by atoms with van der Waals surface area (Å²) in [6, 6.07) is 0.540. The van der Waals surface area contributed by atoms with E-state index in [4.69, 9.17) is 4.74 Å². The summed E-state index contributed by atoms with van der Waals surface area (Å²) < 4.78 is 43.2. The van der Waals surface area contributed by atoms with Crippen LogP contribution in [0.25, 0.3) is 0 Å². The number of hydrogen-bond acceptors (Lipinski definition) is 4. The molecule has 0 aliphatic carbocycles. The van der Waals surface area contributed by atoms with Crippen molar-refractivity contribution in [2.75, 3.05) is 65.6 Å². The van der Waals surface area contributed by atoms with Crippen LogP contribution in [0, 0.1) is 0 Å². The van der Waals surface area contributed by atoms with Crippen molar-refractivity contribution in [1.29, 1.82) is 0 Å². The summed E-state index contributed by atoms with van der Waals surface area (Å²) in [7, 11) is 0. The van der Waals surface area contributed by atoms with Gasteiger partial charge in [-0.15, -0.1) is 0 Å². The van der Waals surface area contributed by atoms with E-state index in [1.807, 2.05) is 6.92 Å². The van der Waals surface area contributed by atoms with Gasteiger partial charge in [-0.05, 0) is 19.8 Å². The van der Waals surface area contributed by atoms with E-state index >= 15 is 0 Å². The van der Waals surface area contributed by atoms with Gasteiger partial charge in [0.15, 0.2) is 5.96 Å². The number of aliphatic imine (C=N–C) groups is 1. The number of rotatable bonds is 4. The molecule has 6 nitrogen and oxygen atoms in total. The minimum atomic E-state index is -4.13. The number of nitrogens with zero attached hydrogens (tertiary/aromatic N) is 4. The Morgan fingerprint density at radius 3 is 2.58 bits per heavy atom. The third-order valence-corrected chi connectivity index (χ3v) is 5.34. The van der Waals surface area contributed by atoms with Gasteiger partial charge in [-0.25, -0.2) is 0 Å². The molecule has 0 bridgehead atoms. The molecular weight excluding hydrogens is 347 g/mol. The van der Waals surface area contributed by atoms with Crippen molar-refractivity contribution < 1.29 is 17.9 Å². The Kier molecular flexibility index (Phi) is 6.63. The van der Waals surface area contributed by atoms with Crippen LogP contribution in [0.3, 0.4) is 0 Å². The fourth-order valence-corrected chi connectivity index (χ4v) is 4.09. The molecule has 2 atom stereocenters. The van der Waals surface area contributed by atoms with Crippen molar-refractivity contribution >= 4 is 5.96 Å². The number of hydrogen-bond donors (Lipinski definition) is 1. The van der Waals surface area contributed by atoms with Crippen molar-refractivity contribution in [2.45, 2.75) is 38.0 Å². The molecule has 3 fully saturated rings. The van der Waals surface area contributed by atoms with Gasteiger partial charge in [-0.3, -0.25) is 14.8 Å². The third kappa shape index (κ3) is 5.47. The van der Waals surface area contributed by atoms with E-state index in [0.717, 1.165) is 58.2 Å². The Morgan fingerprint density at radius 2 is 1.88 bits per heavy atom. The van der Waals surface area contributed by atoms with E-state index < -0.39 is 12.7 Å². The fourth-order valence-electron chi connectivity index (χ4n) is 4.09. The highest BCUT2D eigenvalue weighted by Gasteiger charge is 2.36. The Bertz CT molecular complexity index is 482. The molecule has 3 rings (SSSR count). The summed E-state index contributed by atoms with van der Waals surface area (Å²) in [4.78, 5) is 10.8. The first-order valence-electron chi connectivity index (χ1n) is 9.61. The van der Waals surface area contributed by atoms with Crippen LogP contribution < -0.4 is 5.32 Å². The van der Waals surface area contributed by atoms with Gasteiger partial charge in [0.2, 0.25) is 0 Å². The van der Waals surface area contributed by atoms with Crippen LogP contribution in [0.1, 0.15) is 19.8 Å². The Morgan fingerprint density at radius 1 is 1.12 bits per heavy atom. The number of halogens is 3. The van der Waals surface area contributed by atoms with Crippen LogP contribution in [0.2, 0.25) is 0 Å². The zero-order valence-corrected chi connectivity index (χ0v) is 15.5. The van der Waals surface area contributed by atoms with E-state index in [9.17, 15) is 13.2 Å². The average Bonchev–Trinajstić information content (AvgIpc) is 3.23. The number of morpholine rings is 1. The van der Waals surface area contributed by atoms with E-state index in [-0.39, 0.29) is 6.04 Å². The summed E-state index contributed by atoms with van der Waals surface area (Å²) in [5, 5.41) is 3.42. The molecule has 3 heterocycles. The smallest absolute Gasteiger partial charge is 0.379 e. The summed E-state index contributed by atoms with van der Waals surface area (Å²) in [6.07, 6.45) is -2.32. The molecular formula is C17H30F3N5O. The molecule has 0 radical (unpaired) electrons. The van der Waals surface area contributed by atoms with Crippen LogP contribution >= 0.6 is 0 Å². The molecule has 150 valence electrons. The van der Waals surface area contributed by atoms with Gasteiger partial charge in [-0.1, -0.05) is 0 Å². The molecule has 1 N–H and O–H groups in total. The normalized spacial score (nSPS) is 29.5. The van der Waals surface area contributed by atoms with Crippen LogP contribution in [-0.2, 0) is 4.74 Å². The molecule has 0 aromatic rings. The lowest BCUT2D eigenvalue weighted by Gasteiger charge is -2.32. The first kappa shape index (κ1) is 19.7. The Labute approximate surface area is 153 Å². The van der Waals surface area contributed by atoms with Crippen LogP contribution in [0.4, 0.5) is 13.2 Å².